The number of hydrogen-bond donors (Lipinski definition) is 1. The molecule has 1 rings (SSSR count). The highest BCUT2D eigenvalue weighted by Gasteiger charge is 1.98. The van der Waals surface area contributed by atoms with Crippen molar-refractivity contribution in [1.29, 1.82) is 0 Å². The van der Waals surface area contributed by atoms with Gasteiger partial charge in [0.25, 0.3) is 0 Å². The highest BCUT2D eigenvalue weighted by molar-refractivity contribution is 5.66. The van der Waals surface area contributed by atoms with Crippen LogP contribution in [0, 0.1) is 0 Å². The van der Waals surface area contributed by atoms with Gasteiger partial charge in [0, 0.05) is 6.42 Å². The highest BCUT2D eigenvalue weighted by Crippen LogP contribution is 2.14. The van der Waals surface area contributed by atoms with Gasteiger partial charge in [-0.05, 0) is 37.0 Å². The minimum atomic E-state index is -0.773. The molecule has 0 radical (unpaired) electrons. The molecule has 18 heavy (non-hydrogen) atoms. The predicted molar refractivity (Wildman–Crippen MR) is 72.0 cm³/mol. The Morgan fingerprint density at radius 3 is 2.50 bits per heavy atom. The summed E-state index contributed by atoms with van der Waals surface area (Å²) < 4.78 is 5.47. The maximum atomic E-state index is 10.3. The van der Waals surface area contributed by atoms with E-state index in [0.29, 0.717) is 13.0 Å². The molecule has 0 atom stereocenters. The first-order chi connectivity index (χ1) is 8.72. The summed E-state index contributed by atoms with van der Waals surface area (Å²) in [7, 11) is 0. The van der Waals surface area contributed by atoms with Crippen LogP contribution < -0.4 is 4.74 Å². The normalized spacial score (nSPS) is 10.3. The van der Waals surface area contributed by atoms with Gasteiger partial charge in [0.15, 0.2) is 0 Å². The zero-order chi connectivity index (χ0) is 13.2. The first-order valence-corrected chi connectivity index (χ1v) is 6.66. The van der Waals surface area contributed by atoms with Crippen molar-refractivity contribution in [2.75, 3.05) is 6.61 Å². The van der Waals surface area contributed by atoms with Crippen LogP contribution in [0.25, 0.3) is 0 Å². The summed E-state index contributed by atoms with van der Waals surface area (Å²) in [5, 5.41) is 8.49. The number of hydrogen-bond acceptors (Lipinski definition) is 2. The predicted octanol–water partition coefficient (Wildman–Crippen LogP) is 3.66. The molecular weight excluding hydrogens is 228 g/mol. The number of ether oxygens (including phenoxy) is 1. The molecule has 1 N–H and O–H groups in total. The molecule has 0 heterocycles. The Hall–Kier alpha value is -1.51. The maximum absolute atomic E-state index is 10.3. The van der Waals surface area contributed by atoms with Crippen LogP contribution in [-0.4, -0.2) is 17.7 Å². The van der Waals surface area contributed by atoms with Gasteiger partial charge in [-0.2, -0.15) is 0 Å². The minimum absolute atomic E-state index is 0.162. The summed E-state index contributed by atoms with van der Waals surface area (Å²) >= 11 is 0. The van der Waals surface area contributed by atoms with Crippen LogP contribution in [0.3, 0.4) is 0 Å². The lowest BCUT2D eigenvalue weighted by Gasteiger charge is -2.06. The quantitative estimate of drug-likeness (QED) is 0.680. The fourth-order valence-corrected chi connectivity index (χ4v) is 1.74. The van der Waals surface area contributed by atoms with Crippen LogP contribution in [0.1, 0.15) is 44.6 Å². The van der Waals surface area contributed by atoms with E-state index < -0.39 is 5.97 Å². The molecule has 0 fully saturated rings. The molecule has 0 spiro atoms. The van der Waals surface area contributed by atoms with Crippen molar-refractivity contribution in [1.82, 2.24) is 0 Å². The fourth-order valence-electron chi connectivity index (χ4n) is 1.74. The second kappa shape index (κ2) is 8.56. The van der Waals surface area contributed by atoms with Gasteiger partial charge in [0.2, 0.25) is 0 Å². The highest BCUT2D eigenvalue weighted by atomic mass is 16.5. The molecule has 0 bridgehead atoms. The van der Waals surface area contributed by atoms with Crippen molar-refractivity contribution in [3.63, 3.8) is 0 Å². The first-order valence-electron chi connectivity index (χ1n) is 6.66. The summed E-state index contributed by atoms with van der Waals surface area (Å²) in [5.41, 5.74) is 1.33. The van der Waals surface area contributed by atoms with Crippen LogP contribution in [0.2, 0.25) is 0 Å². The second-order valence-corrected chi connectivity index (χ2v) is 4.45. The van der Waals surface area contributed by atoms with E-state index in [9.17, 15) is 4.79 Å². The molecule has 1 aromatic carbocycles. The van der Waals surface area contributed by atoms with Crippen molar-refractivity contribution in [2.45, 2.75) is 45.4 Å². The Kier molecular flexibility index (Phi) is 6.92. The van der Waals surface area contributed by atoms with Gasteiger partial charge in [-0.3, -0.25) is 4.79 Å². The number of aliphatic carboxylic acids is 1. The second-order valence-electron chi connectivity index (χ2n) is 4.45. The van der Waals surface area contributed by atoms with Crippen molar-refractivity contribution in [3.8, 4) is 5.75 Å². The first kappa shape index (κ1) is 14.6. The Morgan fingerprint density at radius 2 is 1.89 bits per heavy atom. The van der Waals surface area contributed by atoms with E-state index in [0.717, 1.165) is 12.2 Å². The number of carboxylic acid groups (broad SMARTS) is 1. The zero-order valence-electron chi connectivity index (χ0n) is 11.0. The third kappa shape index (κ3) is 6.28. The van der Waals surface area contributed by atoms with Crippen molar-refractivity contribution >= 4 is 5.97 Å². The van der Waals surface area contributed by atoms with Gasteiger partial charge in [-0.25, -0.2) is 0 Å². The lowest BCUT2D eigenvalue weighted by atomic mass is 10.1. The summed E-state index contributed by atoms with van der Waals surface area (Å²) in [6.07, 6.45) is 5.57. The maximum Gasteiger partial charge on any atom is 0.303 e. The van der Waals surface area contributed by atoms with Crippen molar-refractivity contribution in [2.24, 2.45) is 0 Å². The topological polar surface area (TPSA) is 46.5 Å². The van der Waals surface area contributed by atoms with E-state index in [1.165, 1.54) is 24.8 Å². The number of aryl methyl sites for hydroxylation is 1. The third-order valence-electron chi connectivity index (χ3n) is 2.80. The third-order valence-corrected chi connectivity index (χ3v) is 2.80. The fraction of sp³-hybridized carbons (Fsp3) is 0.533. The van der Waals surface area contributed by atoms with Crippen LogP contribution in [0.4, 0.5) is 0 Å². The molecule has 0 saturated heterocycles. The van der Waals surface area contributed by atoms with E-state index in [1.54, 1.807) is 0 Å². The molecule has 0 aliphatic heterocycles. The van der Waals surface area contributed by atoms with Gasteiger partial charge < -0.3 is 9.84 Å². The Labute approximate surface area is 109 Å². The summed E-state index contributed by atoms with van der Waals surface area (Å²) in [6.45, 7) is 2.66. The molecular formula is C15H22O3. The van der Waals surface area contributed by atoms with E-state index >= 15 is 0 Å². The molecule has 3 heteroatoms. The number of rotatable bonds is 9. The number of benzene rings is 1. The summed E-state index contributed by atoms with van der Waals surface area (Å²) in [4.78, 5) is 10.3. The van der Waals surface area contributed by atoms with Gasteiger partial charge in [0.1, 0.15) is 5.75 Å². The largest absolute Gasteiger partial charge is 0.494 e. The summed E-state index contributed by atoms with van der Waals surface area (Å²) in [6, 6.07) is 8.09. The van der Waals surface area contributed by atoms with Crippen LogP contribution >= 0.6 is 0 Å². The SMILES string of the molecule is CCCCCc1ccc(OCCCC(=O)O)cc1. The van der Waals surface area contributed by atoms with Gasteiger partial charge in [0.05, 0.1) is 6.61 Å². The molecule has 0 aliphatic rings. The van der Waals surface area contributed by atoms with Gasteiger partial charge >= 0.3 is 5.97 Å². The Bertz CT molecular complexity index is 343. The average Bonchev–Trinajstić information content (AvgIpc) is 2.36. The molecule has 0 aromatic heterocycles. The van der Waals surface area contributed by atoms with E-state index in [1.807, 2.05) is 12.1 Å². The smallest absolute Gasteiger partial charge is 0.303 e. The minimum Gasteiger partial charge on any atom is -0.494 e. The lowest BCUT2D eigenvalue weighted by Crippen LogP contribution is -2.02. The average molecular weight is 250 g/mol. The lowest BCUT2D eigenvalue weighted by molar-refractivity contribution is -0.137. The van der Waals surface area contributed by atoms with Gasteiger partial charge in [-0.15, -0.1) is 0 Å². The van der Waals surface area contributed by atoms with Crippen LogP contribution in [0.15, 0.2) is 24.3 Å². The molecule has 0 amide bonds. The zero-order valence-corrected chi connectivity index (χ0v) is 11.0. The molecule has 1 aromatic rings. The molecule has 0 saturated carbocycles. The van der Waals surface area contributed by atoms with Crippen LogP contribution in [-0.2, 0) is 11.2 Å². The van der Waals surface area contributed by atoms with E-state index in [-0.39, 0.29) is 6.42 Å². The molecule has 3 nitrogen and oxygen atoms in total. The molecule has 0 aliphatic carbocycles. The van der Waals surface area contributed by atoms with E-state index in [4.69, 9.17) is 9.84 Å². The number of unbranched alkanes of at least 4 members (excludes halogenated alkanes) is 2. The number of carboxylic acids is 1. The van der Waals surface area contributed by atoms with E-state index in [2.05, 4.69) is 19.1 Å². The van der Waals surface area contributed by atoms with Crippen LogP contribution in [0.5, 0.6) is 5.75 Å². The van der Waals surface area contributed by atoms with Crippen molar-refractivity contribution < 1.29 is 14.6 Å². The molecule has 0 unspecified atom stereocenters. The Balaban J connectivity index is 2.25. The monoisotopic (exact) mass is 250 g/mol. The standard InChI is InChI=1S/C15H22O3/c1-2-3-4-6-13-8-10-14(11-9-13)18-12-5-7-15(16)17/h8-11H,2-7,12H2,1H3,(H,16,17). The summed E-state index contributed by atoms with van der Waals surface area (Å²) in [5.74, 6) is 0.0458. The molecule has 100 valence electrons. The van der Waals surface area contributed by atoms with Crippen molar-refractivity contribution in [3.05, 3.63) is 29.8 Å². The Morgan fingerprint density at radius 1 is 1.17 bits per heavy atom. The van der Waals surface area contributed by atoms with Gasteiger partial charge in [-0.1, -0.05) is 31.9 Å². The number of carbonyl (C=O) groups is 1.